The van der Waals surface area contributed by atoms with Gasteiger partial charge in [-0.2, -0.15) is 25.3 Å². The van der Waals surface area contributed by atoms with Crippen molar-refractivity contribution < 1.29 is 63.3 Å². The number of thiol groups is 2. The number of amides is 8. The number of likely N-dealkylation sites (tertiary alicyclic amines) is 2. The van der Waals surface area contributed by atoms with Gasteiger partial charge in [-0.3, -0.25) is 43.2 Å². The largest absolute Gasteiger partial charge is 0.481 e. The van der Waals surface area contributed by atoms with E-state index in [0.717, 1.165) is 4.90 Å². The number of hydrogen-bond donors (Lipinski definition) is 12. The Morgan fingerprint density at radius 1 is 0.729 bits per heavy atom. The molecule has 0 aromatic rings. The molecule has 24 heteroatoms. The van der Waals surface area contributed by atoms with Crippen LogP contribution in [0.1, 0.15) is 65.7 Å². The minimum atomic E-state index is -1.49. The smallest absolute Gasteiger partial charge is 0.327 e. The number of carbonyl (C=O) groups excluding carboxylic acids is 8. The summed E-state index contributed by atoms with van der Waals surface area (Å²) in [5.41, 5.74) is 5.60. The van der Waals surface area contributed by atoms with Crippen LogP contribution in [0.5, 0.6) is 0 Å². The van der Waals surface area contributed by atoms with Gasteiger partial charge < -0.3 is 62.8 Å². The Morgan fingerprint density at radius 2 is 1.34 bits per heavy atom. The van der Waals surface area contributed by atoms with Crippen LogP contribution in [0, 0.1) is 5.92 Å². The van der Waals surface area contributed by atoms with Gasteiger partial charge in [-0.15, -0.1) is 0 Å². The Balaban J connectivity index is 2.07. The molecule has 0 radical (unpaired) electrons. The summed E-state index contributed by atoms with van der Waals surface area (Å²) >= 11 is 7.87. The third kappa shape index (κ3) is 15.1. The molecule has 0 unspecified atom stereocenters. The van der Waals surface area contributed by atoms with Crippen LogP contribution in [0.3, 0.4) is 0 Å². The summed E-state index contributed by atoms with van der Waals surface area (Å²) in [5.74, 6) is -9.32. The van der Waals surface area contributed by atoms with Crippen molar-refractivity contribution in [3.63, 3.8) is 0 Å². The van der Waals surface area contributed by atoms with Gasteiger partial charge in [0.15, 0.2) is 0 Å². The second-order valence-corrected chi connectivity index (χ2v) is 15.1. The molecule has 2 saturated heterocycles. The van der Waals surface area contributed by atoms with E-state index in [1.54, 1.807) is 13.8 Å². The molecule has 332 valence electrons. The fourth-order valence-corrected chi connectivity index (χ4v) is 6.83. The Bertz CT molecular complexity index is 1570. The molecule has 0 bridgehead atoms. The van der Waals surface area contributed by atoms with Gasteiger partial charge in [0.2, 0.25) is 47.3 Å². The number of carbonyl (C=O) groups is 10. The summed E-state index contributed by atoms with van der Waals surface area (Å²) in [4.78, 5) is 130. The second kappa shape index (κ2) is 24.4. The number of nitrogens with two attached hydrogens (primary N) is 1. The van der Waals surface area contributed by atoms with Gasteiger partial charge >= 0.3 is 11.9 Å². The zero-order chi connectivity index (χ0) is 44.6. The molecule has 0 aromatic carbocycles. The van der Waals surface area contributed by atoms with Gasteiger partial charge in [0, 0.05) is 31.0 Å². The minimum Gasteiger partial charge on any atom is -0.481 e. The first kappa shape index (κ1) is 50.5. The van der Waals surface area contributed by atoms with Crippen molar-refractivity contribution in [2.45, 2.75) is 114 Å². The van der Waals surface area contributed by atoms with Crippen LogP contribution in [0.2, 0.25) is 0 Å². The highest BCUT2D eigenvalue weighted by atomic mass is 32.1. The van der Waals surface area contributed by atoms with E-state index < -0.39 is 133 Å². The molecule has 0 aromatic heterocycles. The fraction of sp³-hybridized carbons (Fsp3) is 0.714. The number of aliphatic carboxylic acids is 2. The lowest BCUT2D eigenvalue weighted by Gasteiger charge is -2.30. The van der Waals surface area contributed by atoms with E-state index in [-0.39, 0.29) is 43.9 Å². The van der Waals surface area contributed by atoms with Crippen molar-refractivity contribution in [2.75, 3.05) is 37.7 Å². The molecule has 2 rings (SSSR count). The molecule has 9 atom stereocenters. The van der Waals surface area contributed by atoms with Crippen molar-refractivity contribution in [3.8, 4) is 0 Å². The molecule has 0 spiro atoms. The van der Waals surface area contributed by atoms with Crippen molar-refractivity contribution >= 4 is 84.5 Å². The lowest BCUT2D eigenvalue weighted by molar-refractivity contribution is -0.144. The average molecular weight is 876 g/mol. The first-order valence-corrected chi connectivity index (χ1v) is 20.5. The van der Waals surface area contributed by atoms with Gasteiger partial charge in [0.25, 0.3) is 0 Å². The summed E-state index contributed by atoms with van der Waals surface area (Å²) in [6, 6.07) is -8.49. The fourth-order valence-electron chi connectivity index (χ4n) is 6.42. The van der Waals surface area contributed by atoms with E-state index >= 15 is 0 Å². The minimum absolute atomic E-state index is 0.0495. The first-order chi connectivity index (χ1) is 27.8. The predicted octanol–water partition coefficient (Wildman–Crippen LogP) is -4.30. The lowest BCUT2D eigenvalue weighted by Crippen LogP contribution is -2.58. The zero-order valence-corrected chi connectivity index (χ0v) is 35.0. The van der Waals surface area contributed by atoms with Gasteiger partial charge in [-0.25, -0.2) is 4.79 Å². The molecule has 8 amide bonds. The molecule has 0 saturated carbocycles. The van der Waals surface area contributed by atoms with Gasteiger partial charge in [0.1, 0.15) is 36.3 Å². The van der Waals surface area contributed by atoms with Crippen LogP contribution in [0.4, 0.5) is 0 Å². The van der Waals surface area contributed by atoms with Crippen LogP contribution in [-0.4, -0.2) is 170 Å². The lowest BCUT2D eigenvalue weighted by atomic mass is 9.97. The highest BCUT2D eigenvalue weighted by Gasteiger charge is 2.40. The van der Waals surface area contributed by atoms with E-state index in [1.807, 2.05) is 0 Å². The molecular weight excluding hydrogens is 819 g/mol. The maximum atomic E-state index is 13.7. The first-order valence-electron chi connectivity index (χ1n) is 19.2. The van der Waals surface area contributed by atoms with Crippen molar-refractivity contribution in [3.05, 3.63) is 0 Å². The topological polar surface area (TPSA) is 336 Å². The predicted molar refractivity (Wildman–Crippen MR) is 215 cm³/mol. The summed E-state index contributed by atoms with van der Waals surface area (Å²) in [5, 5.41) is 43.0. The maximum absolute atomic E-state index is 13.7. The molecule has 2 aliphatic rings. The highest BCUT2D eigenvalue weighted by Crippen LogP contribution is 2.21. The van der Waals surface area contributed by atoms with Gasteiger partial charge in [-0.1, -0.05) is 20.3 Å². The zero-order valence-electron chi connectivity index (χ0n) is 33.2. The van der Waals surface area contributed by atoms with E-state index in [4.69, 9.17) is 5.73 Å². The number of nitrogens with zero attached hydrogens (tertiary/aromatic N) is 2. The van der Waals surface area contributed by atoms with E-state index in [1.165, 1.54) is 11.8 Å². The number of hydrogen-bond acceptors (Lipinski definition) is 14. The molecule has 0 aliphatic carbocycles. The number of aliphatic hydroxyl groups excluding tert-OH is 1. The molecule has 2 heterocycles. The number of aliphatic hydroxyl groups is 1. The number of carboxylic acids is 2. The van der Waals surface area contributed by atoms with E-state index in [9.17, 15) is 63.3 Å². The number of rotatable bonds is 23. The average Bonchev–Trinajstić information content (AvgIpc) is 3.90. The van der Waals surface area contributed by atoms with Gasteiger partial charge in [0.05, 0.1) is 25.2 Å². The molecule has 59 heavy (non-hydrogen) atoms. The van der Waals surface area contributed by atoms with Gasteiger partial charge in [-0.05, 0) is 44.9 Å². The van der Waals surface area contributed by atoms with Crippen LogP contribution in [-0.2, 0) is 47.9 Å². The summed E-state index contributed by atoms with van der Waals surface area (Å²) < 4.78 is 0. The van der Waals surface area contributed by atoms with Crippen LogP contribution < -0.4 is 37.6 Å². The Hall–Kier alpha value is -4.68. The normalized spacial score (nSPS) is 19.8. The standard InChI is InChI=1S/C35H57N9O13S2/c1-4-17(2)27(33(54)40-21(16-59)35(56)57)41-31(52)23-8-5-11-43(23)25(47)14-38-30(51)22-7-6-12-44(22)34(55)20(9-10-26(48)49)39-24(46)13-37-32(53)28(18(3)45)42-29(50)19(36)15-58/h17-23,27-28,45,58-59H,4-16,36H2,1-3H3,(H,37,53)(H,38,51)(H,39,46)(H,40,54)(H,41,52)(H,42,50)(H,48,49)(H,56,57)/t17-,18+,19-,20-,21-,22-,23-,27-,28-/m0/s1. The summed E-state index contributed by atoms with van der Waals surface area (Å²) in [6.45, 7) is 3.66. The molecule has 22 nitrogen and oxygen atoms in total. The monoisotopic (exact) mass is 875 g/mol. The molecule has 2 fully saturated rings. The maximum Gasteiger partial charge on any atom is 0.327 e. The third-order valence-electron chi connectivity index (χ3n) is 10.0. The molecule has 11 N–H and O–H groups in total. The van der Waals surface area contributed by atoms with Crippen molar-refractivity contribution in [1.82, 2.24) is 41.7 Å². The van der Waals surface area contributed by atoms with Crippen LogP contribution >= 0.6 is 25.3 Å². The highest BCUT2D eigenvalue weighted by molar-refractivity contribution is 7.80. The Labute approximate surface area is 352 Å². The quantitative estimate of drug-likeness (QED) is 0.0433. The third-order valence-corrected chi connectivity index (χ3v) is 10.8. The Morgan fingerprint density at radius 3 is 1.88 bits per heavy atom. The second-order valence-electron chi connectivity index (χ2n) is 14.4. The van der Waals surface area contributed by atoms with E-state index in [2.05, 4.69) is 57.2 Å². The summed E-state index contributed by atoms with van der Waals surface area (Å²) in [6.07, 6.45) is -0.617. The number of nitrogens with one attached hydrogen (secondary N) is 6. The molecule has 2 aliphatic heterocycles. The van der Waals surface area contributed by atoms with Crippen LogP contribution in [0.25, 0.3) is 0 Å². The SMILES string of the molecule is CC[C@H](C)[C@H](NC(=O)[C@@H]1CCCN1C(=O)CNC(=O)[C@@H]1CCCN1C(=O)[C@H](CCC(=O)O)NC(=O)CNC(=O)[C@@H](NC(=O)[C@@H](N)CS)[C@@H](C)O)C(=O)N[C@@H](CS)C(=O)O. The van der Waals surface area contributed by atoms with Crippen molar-refractivity contribution in [1.29, 1.82) is 0 Å². The Kier molecular flexibility index (Phi) is 20.9. The molecular formula is C35H57N9O13S2. The summed E-state index contributed by atoms with van der Waals surface area (Å²) in [7, 11) is 0. The van der Waals surface area contributed by atoms with Crippen molar-refractivity contribution in [2.24, 2.45) is 11.7 Å². The van der Waals surface area contributed by atoms with Crippen LogP contribution in [0.15, 0.2) is 0 Å². The van der Waals surface area contributed by atoms with E-state index in [0.29, 0.717) is 19.3 Å². The number of carboxylic acid groups (broad SMARTS) is 2.